The molecule has 3 fully saturated rings. The van der Waals surface area contributed by atoms with Crippen molar-refractivity contribution in [2.24, 2.45) is 0 Å². The average molecular weight is 629 g/mol. The number of rotatable bonds is 4. The zero-order chi connectivity index (χ0) is 33.1. The first-order valence-corrected chi connectivity index (χ1v) is 17.0. The third-order valence-corrected chi connectivity index (χ3v) is 9.80. The van der Waals surface area contributed by atoms with Gasteiger partial charge in [-0.3, -0.25) is 0 Å². The second-order valence-electron chi connectivity index (χ2n) is 13.2. The Morgan fingerprint density at radius 2 is 1.02 bits per heavy atom. The number of hydrogen-bond acceptors (Lipinski definition) is 1. The van der Waals surface area contributed by atoms with E-state index in [4.69, 9.17) is 4.74 Å². The van der Waals surface area contributed by atoms with Crippen molar-refractivity contribution in [3.63, 3.8) is 0 Å². The number of alkyl halides is 3. The maximum absolute atomic E-state index is 12.4. The maximum atomic E-state index is 12.4. The van der Waals surface area contributed by atoms with Gasteiger partial charge in [0.1, 0.15) is 5.75 Å². The number of aryl methyl sites for hydroxylation is 1. The van der Waals surface area contributed by atoms with E-state index in [0.717, 1.165) is 54.7 Å². The molecular formula is C42H51F3O. The molecule has 0 radical (unpaired) electrons. The molecule has 6 rings (SSSR count). The first kappa shape index (κ1) is 35.3. The highest BCUT2D eigenvalue weighted by atomic mass is 19.4. The van der Waals surface area contributed by atoms with E-state index in [2.05, 4.69) is 63.1 Å². The molecule has 4 heteroatoms. The van der Waals surface area contributed by atoms with Crippen LogP contribution < -0.4 is 4.74 Å². The van der Waals surface area contributed by atoms with Gasteiger partial charge in [0.05, 0.1) is 12.7 Å². The predicted molar refractivity (Wildman–Crippen MR) is 187 cm³/mol. The molecule has 3 aromatic rings. The lowest BCUT2D eigenvalue weighted by Gasteiger charge is -2.25. The van der Waals surface area contributed by atoms with Crippen LogP contribution in [0.15, 0.2) is 109 Å². The summed E-state index contributed by atoms with van der Waals surface area (Å²) in [6.45, 7) is 14.6. The fraction of sp³-hybridized carbons (Fsp3) is 0.429. The molecule has 0 aromatic heterocycles. The monoisotopic (exact) mass is 628 g/mol. The highest BCUT2D eigenvalue weighted by Gasteiger charge is 2.30. The van der Waals surface area contributed by atoms with Gasteiger partial charge >= 0.3 is 6.18 Å². The lowest BCUT2D eigenvalue weighted by molar-refractivity contribution is -0.137. The molecule has 3 aromatic carbocycles. The number of allylic oxidation sites excluding steroid dienone is 3. The zero-order valence-electron chi connectivity index (χ0n) is 27.8. The Morgan fingerprint density at radius 1 is 0.587 bits per heavy atom. The molecule has 3 aliphatic carbocycles. The van der Waals surface area contributed by atoms with Gasteiger partial charge in [0.25, 0.3) is 0 Å². The summed E-state index contributed by atoms with van der Waals surface area (Å²) in [5, 5.41) is 0. The summed E-state index contributed by atoms with van der Waals surface area (Å²) in [5.41, 5.74) is 8.57. The lowest BCUT2D eigenvalue weighted by Crippen LogP contribution is -2.09. The Kier molecular flexibility index (Phi) is 12.9. The van der Waals surface area contributed by atoms with Crippen molar-refractivity contribution in [1.82, 2.24) is 0 Å². The van der Waals surface area contributed by atoms with E-state index in [1.807, 2.05) is 12.1 Å². The molecule has 3 saturated carbocycles. The molecule has 0 heterocycles. The Bertz CT molecular complexity index is 1430. The van der Waals surface area contributed by atoms with Crippen LogP contribution in [0.1, 0.15) is 123 Å². The standard InChI is InChI=1S/C14H15F3.C14H18O.C14H18/c1-10-4-2-3-5-13(10)11-6-8-12(9-7-11)14(15,16)17;1-11-5-3-4-6-14(11)12-7-9-13(15-2)10-8-12;1-11-6-5-8-13(10-11)14-9-4-3-7-12(14)2/h6-9,13H,1-5H2;7-10,14H,1,3-6H2,2H3;5-6,8,10,14H,2-4,7,9H2,1H3. The molecule has 0 amide bonds. The fourth-order valence-corrected chi connectivity index (χ4v) is 7.07. The molecule has 46 heavy (non-hydrogen) atoms. The van der Waals surface area contributed by atoms with Crippen LogP contribution in [0.5, 0.6) is 5.75 Å². The van der Waals surface area contributed by atoms with Gasteiger partial charge in [-0.2, -0.15) is 13.2 Å². The molecule has 0 N–H and O–H groups in total. The van der Waals surface area contributed by atoms with Crippen LogP contribution in [0.4, 0.5) is 13.2 Å². The average Bonchev–Trinajstić information content (AvgIpc) is 3.06. The molecule has 3 unspecified atom stereocenters. The summed E-state index contributed by atoms with van der Waals surface area (Å²) in [6.07, 6.45) is 10.3. The summed E-state index contributed by atoms with van der Waals surface area (Å²) >= 11 is 0. The molecule has 3 atom stereocenters. The van der Waals surface area contributed by atoms with Crippen LogP contribution >= 0.6 is 0 Å². The van der Waals surface area contributed by atoms with Gasteiger partial charge < -0.3 is 4.74 Å². The second kappa shape index (κ2) is 16.9. The van der Waals surface area contributed by atoms with Gasteiger partial charge in [-0.15, -0.1) is 0 Å². The molecule has 1 nitrogen and oxygen atoms in total. The summed E-state index contributed by atoms with van der Waals surface area (Å²) in [6, 6.07) is 22.8. The number of halogens is 3. The minimum atomic E-state index is -4.25. The van der Waals surface area contributed by atoms with E-state index >= 15 is 0 Å². The van der Waals surface area contributed by atoms with Gasteiger partial charge in [-0.1, -0.05) is 110 Å². The molecule has 0 aliphatic heterocycles. The Balaban J connectivity index is 0.000000157. The van der Waals surface area contributed by atoms with Gasteiger partial charge in [-0.25, -0.2) is 0 Å². The zero-order valence-corrected chi connectivity index (χ0v) is 27.8. The highest BCUT2D eigenvalue weighted by Crippen LogP contribution is 2.39. The number of ether oxygens (including phenoxy) is 1. The molecule has 0 spiro atoms. The van der Waals surface area contributed by atoms with E-state index < -0.39 is 11.7 Å². The predicted octanol–water partition coefficient (Wildman–Crippen LogP) is 13.0. The number of hydrogen-bond donors (Lipinski definition) is 0. The first-order valence-electron chi connectivity index (χ1n) is 17.0. The van der Waals surface area contributed by atoms with Crippen molar-refractivity contribution in [3.8, 4) is 5.75 Å². The Labute approximate surface area is 275 Å². The largest absolute Gasteiger partial charge is 0.497 e. The van der Waals surface area contributed by atoms with E-state index in [0.29, 0.717) is 11.8 Å². The minimum Gasteiger partial charge on any atom is -0.497 e. The Morgan fingerprint density at radius 3 is 1.41 bits per heavy atom. The molecule has 0 saturated heterocycles. The molecular weight excluding hydrogens is 577 g/mol. The second-order valence-corrected chi connectivity index (χ2v) is 13.2. The number of benzene rings is 3. The van der Waals surface area contributed by atoms with Crippen LogP contribution in [-0.4, -0.2) is 7.11 Å². The van der Waals surface area contributed by atoms with Gasteiger partial charge in [0.2, 0.25) is 0 Å². The summed E-state index contributed by atoms with van der Waals surface area (Å²) in [4.78, 5) is 0. The van der Waals surface area contributed by atoms with Gasteiger partial charge in [-0.05, 0) is 106 Å². The highest BCUT2D eigenvalue weighted by molar-refractivity contribution is 5.35. The van der Waals surface area contributed by atoms with Crippen molar-refractivity contribution < 1.29 is 17.9 Å². The van der Waals surface area contributed by atoms with Crippen molar-refractivity contribution in [3.05, 3.63) is 137 Å². The minimum absolute atomic E-state index is 0.242. The maximum Gasteiger partial charge on any atom is 0.416 e. The van der Waals surface area contributed by atoms with Crippen LogP contribution in [0.25, 0.3) is 0 Å². The molecule has 3 aliphatic rings. The third kappa shape index (κ3) is 9.98. The van der Waals surface area contributed by atoms with Crippen LogP contribution in [0, 0.1) is 6.92 Å². The summed E-state index contributed by atoms with van der Waals surface area (Å²) in [7, 11) is 1.70. The molecule has 0 bridgehead atoms. The van der Waals surface area contributed by atoms with E-state index in [9.17, 15) is 13.2 Å². The topological polar surface area (TPSA) is 9.23 Å². The van der Waals surface area contributed by atoms with Gasteiger partial charge in [0, 0.05) is 17.8 Å². The molecule has 246 valence electrons. The van der Waals surface area contributed by atoms with Crippen molar-refractivity contribution in [2.45, 2.75) is 108 Å². The quantitative estimate of drug-likeness (QED) is 0.261. The first-order chi connectivity index (χ1) is 22.1. The SMILES string of the molecule is C=C1CCCCC1c1ccc(C(F)(F)F)cc1.C=C1CCCCC1c1ccc(OC)cc1.C=C1CCCCC1c1cccc(C)c1. The van der Waals surface area contributed by atoms with Crippen molar-refractivity contribution in [2.75, 3.05) is 7.11 Å². The van der Waals surface area contributed by atoms with E-state index in [-0.39, 0.29) is 5.92 Å². The smallest absolute Gasteiger partial charge is 0.416 e. The Hall–Kier alpha value is -3.53. The van der Waals surface area contributed by atoms with Crippen molar-refractivity contribution in [1.29, 1.82) is 0 Å². The number of methoxy groups -OCH3 is 1. The normalized spacial score (nSPS) is 21.8. The van der Waals surface area contributed by atoms with Crippen LogP contribution in [0.2, 0.25) is 0 Å². The van der Waals surface area contributed by atoms with Crippen LogP contribution in [-0.2, 0) is 6.18 Å². The van der Waals surface area contributed by atoms with E-state index in [1.54, 1.807) is 19.2 Å². The van der Waals surface area contributed by atoms with Crippen LogP contribution in [0.3, 0.4) is 0 Å². The van der Waals surface area contributed by atoms with E-state index in [1.165, 1.54) is 79.2 Å². The summed E-state index contributed by atoms with van der Waals surface area (Å²) in [5.74, 6) is 2.37. The van der Waals surface area contributed by atoms with Crippen molar-refractivity contribution >= 4 is 0 Å². The fourth-order valence-electron chi connectivity index (χ4n) is 7.07. The third-order valence-electron chi connectivity index (χ3n) is 9.80. The summed E-state index contributed by atoms with van der Waals surface area (Å²) < 4.78 is 42.4. The van der Waals surface area contributed by atoms with Gasteiger partial charge in [0.15, 0.2) is 0 Å². The lowest BCUT2D eigenvalue weighted by atomic mass is 9.80.